The number of nitrogens with zero attached hydrogens (tertiary/aromatic N) is 2. The van der Waals surface area contributed by atoms with E-state index in [1.165, 1.54) is 4.57 Å². The molecule has 0 atom stereocenters. The van der Waals surface area contributed by atoms with Gasteiger partial charge in [0.1, 0.15) is 12.0 Å². The van der Waals surface area contributed by atoms with Crippen LogP contribution in [-0.4, -0.2) is 16.7 Å². The van der Waals surface area contributed by atoms with Gasteiger partial charge in [0.15, 0.2) is 5.58 Å². The van der Waals surface area contributed by atoms with E-state index in [9.17, 15) is 4.79 Å². The van der Waals surface area contributed by atoms with Gasteiger partial charge in [-0.2, -0.15) is 0 Å². The minimum Gasteiger partial charge on any atom is -0.497 e. The second kappa shape index (κ2) is 5.73. The number of fused-ring (bicyclic) bond motifs is 1. The van der Waals surface area contributed by atoms with Crippen LogP contribution in [0.4, 0.5) is 0 Å². The van der Waals surface area contributed by atoms with Gasteiger partial charge in [0.25, 0.3) is 0 Å². The Morgan fingerprint density at radius 3 is 2.71 bits per heavy atom. The van der Waals surface area contributed by atoms with Crippen molar-refractivity contribution < 1.29 is 13.6 Å². The lowest BCUT2D eigenvalue weighted by molar-refractivity contribution is 0.415. The predicted molar refractivity (Wildman–Crippen MR) is 88.1 cm³/mol. The Balaban J connectivity index is 1.65. The Kier molecular flexibility index (Phi) is 3.42. The van der Waals surface area contributed by atoms with Crippen molar-refractivity contribution in [2.24, 2.45) is 0 Å². The molecule has 0 N–H and O–H groups in total. The van der Waals surface area contributed by atoms with E-state index in [0.717, 1.165) is 16.8 Å². The number of benzene rings is 2. The standard InChI is InChI=1S/C18H14N2O4/c1-22-14-8-6-12(7-9-14)17-19-13(11-23-17)10-20-15-4-2-3-5-16(15)24-18(20)21/h2-9,11H,10H2,1H3. The minimum atomic E-state index is -0.412. The fourth-order valence-corrected chi connectivity index (χ4v) is 2.57. The molecule has 0 aliphatic heterocycles. The summed E-state index contributed by atoms with van der Waals surface area (Å²) < 4.78 is 17.4. The lowest BCUT2D eigenvalue weighted by Crippen LogP contribution is -2.14. The highest BCUT2D eigenvalue weighted by Crippen LogP contribution is 2.22. The third kappa shape index (κ3) is 2.48. The van der Waals surface area contributed by atoms with Gasteiger partial charge in [-0.3, -0.25) is 4.57 Å². The molecule has 2 aromatic carbocycles. The van der Waals surface area contributed by atoms with Crippen molar-refractivity contribution in [3.63, 3.8) is 0 Å². The molecule has 0 fully saturated rings. The number of rotatable bonds is 4. The van der Waals surface area contributed by atoms with E-state index >= 15 is 0 Å². The second-order valence-corrected chi connectivity index (χ2v) is 5.29. The molecule has 0 radical (unpaired) electrons. The second-order valence-electron chi connectivity index (χ2n) is 5.29. The lowest BCUT2D eigenvalue weighted by Gasteiger charge is -2.00. The predicted octanol–water partition coefficient (Wildman–Crippen LogP) is 3.31. The van der Waals surface area contributed by atoms with Crippen LogP contribution < -0.4 is 10.5 Å². The largest absolute Gasteiger partial charge is 0.497 e. The fraction of sp³-hybridized carbons (Fsp3) is 0.111. The number of hydrogen-bond donors (Lipinski definition) is 0. The highest BCUT2D eigenvalue weighted by atomic mass is 16.5. The van der Waals surface area contributed by atoms with E-state index in [0.29, 0.717) is 17.2 Å². The molecule has 0 aliphatic carbocycles. The zero-order valence-corrected chi connectivity index (χ0v) is 12.9. The maximum Gasteiger partial charge on any atom is 0.420 e. The summed E-state index contributed by atoms with van der Waals surface area (Å²) in [6.45, 7) is 0.287. The molecule has 0 spiro atoms. The normalized spacial score (nSPS) is 11.0. The summed E-state index contributed by atoms with van der Waals surface area (Å²) in [6.07, 6.45) is 1.55. The van der Waals surface area contributed by atoms with Crippen LogP contribution in [-0.2, 0) is 6.54 Å². The number of para-hydroxylation sites is 2. The van der Waals surface area contributed by atoms with Gasteiger partial charge < -0.3 is 13.6 Å². The van der Waals surface area contributed by atoms with Crippen molar-refractivity contribution >= 4 is 11.1 Å². The van der Waals surface area contributed by atoms with Crippen LogP contribution in [0, 0.1) is 0 Å². The highest BCUT2D eigenvalue weighted by Gasteiger charge is 2.12. The summed E-state index contributed by atoms with van der Waals surface area (Å²) in [4.78, 5) is 16.5. The molecule has 0 aliphatic rings. The van der Waals surface area contributed by atoms with Crippen molar-refractivity contribution in [3.05, 3.63) is 71.0 Å². The molecule has 4 rings (SSSR count). The number of oxazole rings is 2. The smallest absolute Gasteiger partial charge is 0.420 e. The summed E-state index contributed by atoms with van der Waals surface area (Å²) in [6, 6.07) is 14.7. The van der Waals surface area contributed by atoms with Crippen LogP contribution in [0.5, 0.6) is 5.75 Å². The number of hydrogen-bond acceptors (Lipinski definition) is 5. The monoisotopic (exact) mass is 322 g/mol. The van der Waals surface area contributed by atoms with Gasteiger partial charge in [0, 0.05) is 5.56 Å². The van der Waals surface area contributed by atoms with Crippen molar-refractivity contribution in [2.45, 2.75) is 6.54 Å². The maximum absolute atomic E-state index is 12.0. The number of methoxy groups -OCH3 is 1. The Morgan fingerprint density at radius 2 is 1.92 bits per heavy atom. The molecule has 6 nitrogen and oxygen atoms in total. The Labute approximate surface area is 136 Å². The molecule has 2 heterocycles. The average molecular weight is 322 g/mol. The third-order valence-corrected chi connectivity index (χ3v) is 3.78. The molecule has 4 aromatic rings. The first kappa shape index (κ1) is 14.3. The van der Waals surface area contributed by atoms with Crippen LogP contribution in [0.15, 0.2) is 68.4 Å². The summed E-state index contributed by atoms with van der Waals surface area (Å²) in [7, 11) is 1.62. The molecule has 2 aromatic heterocycles. The zero-order valence-electron chi connectivity index (χ0n) is 12.9. The van der Waals surface area contributed by atoms with Crippen LogP contribution in [0.1, 0.15) is 5.69 Å². The number of ether oxygens (including phenoxy) is 1. The fourth-order valence-electron chi connectivity index (χ4n) is 2.57. The summed E-state index contributed by atoms with van der Waals surface area (Å²) in [5, 5.41) is 0. The maximum atomic E-state index is 12.0. The van der Waals surface area contributed by atoms with Crippen molar-refractivity contribution in [2.75, 3.05) is 7.11 Å². The van der Waals surface area contributed by atoms with Gasteiger partial charge in [-0.1, -0.05) is 12.1 Å². The van der Waals surface area contributed by atoms with Gasteiger partial charge in [0.2, 0.25) is 5.89 Å². The van der Waals surface area contributed by atoms with E-state index < -0.39 is 5.76 Å². The third-order valence-electron chi connectivity index (χ3n) is 3.78. The minimum absolute atomic E-state index is 0.287. The first-order chi connectivity index (χ1) is 11.7. The molecule has 0 saturated carbocycles. The Bertz CT molecular complexity index is 1040. The molecular formula is C18H14N2O4. The van der Waals surface area contributed by atoms with Crippen LogP contribution in [0.2, 0.25) is 0 Å². The molecule has 120 valence electrons. The average Bonchev–Trinajstić information content (AvgIpc) is 3.21. The molecule has 6 heteroatoms. The lowest BCUT2D eigenvalue weighted by atomic mass is 10.2. The molecule has 0 bridgehead atoms. The van der Waals surface area contributed by atoms with Crippen LogP contribution in [0.25, 0.3) is 22.6 Å². The van der Waals surface area contributed by atoms with Gasteiger partial charge in [0.05, 0.1) is 24.9 Å². The molecule has 0 saturated heterocycles. The highest BCUT2D eigenvalue weighted by molar-refractivity contribution is 5.72. The van der Waals surface area contributed by atoms with Crippen LogP contribution >= 0.6 is 0 Å². The van der Waals surface area contributed by atoms with Crippen molar-refractivity contribution in [1.29, 1.82) is 0 Å². The molecule has 0 unspecified atom stereocenters. The van der Waals surface area contributed by atoms with Crippen molar-refractivity contribution in [3.8, 4) is 17.2 Å². The first-order valence-electron chi connectivity index (χ1n) is 7.42. The van der Waals surface area contributed by atoms with Crippen molar-refractivity contribution in [1.82, 2.24) is 9.55 Å². The summed E-state index contributed by atoms with van der Waals surface area (Å²) >= 11 is 0. The van der Waals surface area contributed by atoms with Crippen LogP contribution in [0.3, 0.4) is 0 Å². The quantitative estimate of drug-likeness (QED) is 0.576. The van der Waals surface area contributed by atoms with Gasteiger partial charge in [-0.15, -0.1) is 0 Å². The summed E-state index contributed by atoms with van der Waals surface area (Å²) in [5.74, 6) is 0.848. The molecule has 0 amide bonds. The number of aromatic nitrogens is 2. The SMILES string of the molecule is COc1ccc(-c2nc(Cn3c(=O)oc4ccccc43)co2)cc1. The van der Waals surface area contributed by atoms with E-state index in [4.69, 9.17) is 13.6 Å². The van der Waals surface area contributed by atoms with E-state index in [1.807, 2.05) is 42.5 Å². The van der Waals surface area contributed by atoms with E-state index in [1.54, 1.807) is 19.4 Å². The first-order valence-corrected chi connectivity index (χ1v) is 7.42. The zero-order chi connectivity index (χ0) is 16.5. The Morgan fingerprint density at radius 1 is 1.12 bits per heavy atom. The molecular weight excluding hydrogens is 308 g/mol. The van der Waals surface area contributed by atoms with Gasteiger partial charge in [-0.05, 0) is 36.4 Å². The topological polar surface area (TPSA) is 70.4 Å². The summed E-state index contributed by atoms with van der Waals surface area (Å²) in [5.41, 5.74) is 2.78. The van der Waals surface area contributed by atoms with E-state index in [-0.39, 0.29) is 6.54 Å². The van der Waals surface area contributed by atoms with Gasteiger partial charge >= 0.3 is 5.76 Å². The van der Waals surface area contributed by atoms with Gasteiger partial charge in [-0.25, -0.2) is 9.78 Å². The molecule has 24 heavy (non-hydrogen) atoms. The Hall–Kier alpha value is -3.28. The van der Waals surface area contributed by atoms with E-state index in [2.05, 4.69) is 4.98 Å².